The summed E-state index contributed by atoms with van der Waals surface area (Å²) in [5.74, 6) is 0.764. The molecule has 9 heteroatoms. The molecule has 5 heterocycles. The van der Waals surface area contributed by atoms with Crippen LogP contribution in [0.2, 0.25) is 0 Å². The number of hydrogen-bond acceptors (Lipinski definition) is 7. The Kier molecular flexibility index (Phi) is 6.60. The third-order valence-corrected chi connectivity index (χ3v) is 6.97. The molecule has 188 valence electrons. The Morgan fingerprint density at radius 2 is 1.59 bits per heavy atom. The highest BCUT2D eigenvalue weighted by molar-refractivity contribution is 5.94. The summed E-state index contributed by atoms with van der Waals surface area (Å²) in [6.07, 6.45) is 9.89. The van der Waals surface area contributed by atoms with Crippen molar-refractivity contribution in [3.8, 4) is 11.8 Å². The van der Waals surface area contributed by atoms with Gasteiger partial charge in [0.05, 0.1) is 6.54 Å². The number of amides is 1. The summed E-state index contributed by atoms with van der Waals surface area (Å²) >= 11 is 0. The molecule has 0 saturated carbocycles. The first-order valence-corrected chi connectivity index (χ1v) is 12.8. The van der Waals surface area contributed by atoms with Crippen LogP contribution in [0.5, 0.6) is 11.8 Å². The van der Waals surface area contributed by atoms with Crippen LogP contribution < -0.4 is 4.74 Å². The number of ether oxygens (including phenoxy) is 1. The minimum Gasteiger partial charge on any atom is -0.424 e. The maximum atomic E-state index is 13.4. The molecule has 4 aromatic rings. The molecule has 3 aromatic heterocycles. The molecule has 0 atom stereocenters. The van der Waals surface area contributed by atoms with Gasteiger partial charge in [-0.05, 0) is 54.3 Å². The predicted molar refractivity (Wildman–Crippen MR) is 137 cm³/mol. The second kappa shape index (κ2) is 10.5. The van der Waals surface area contributed by atoms with Crippen LogP contribution in [0.3, 0.4) is 0 Å². The highest BCUT2D eigenvalue weighted by Crippen LogP contribution is 2.27. The van der Waals surface area contributed by atoms with Crippen molar-refractivity contribution < 1.29 is 9.53 Å². The van der Waals surface area contributed by atoms with Crippen molar-refractivity contribution in [1.29, 1.82) is 0 Å². The number of rotatable bonds is 7. The van der Waals surface area contributed by atoms with Crippen LogP contribution in [0.15, 0.2) is 67.3 Å². The van der Waals surface area contributed by atoms with Gasteiger partial charge in [-0.15, -0.1) is 0 Å². The number of nitrogens with zero attached hydrogens (tertiary/aromatic N) is 7. The molecular weight excluding hydrogens is 466 g/mol. The van der Waals surface area contributed by atoms with Crippen LogP contribution in [0.4, 0.5) is 0 Å². The van der Waals surface area contributed by atoms with E-state index >= 15 is 0 Å². The van der Waals surface area contributed by atoms with Gasteiger partial charge in [0.1, 0.15) is 5.75 Å². The smallest absolute Gasteiger partial charge is 0.321 e. The number of aromatic nitrogens is 5. The van der Waals surface area contributed by atoms with E-state index in [2.05, 4.69) is 32.0 Å². The van der Waals surface area contributed by atoms with E-state index in [9.17, 15) is 4.79 Å². The van der Waals surface area contributed by atoms with Gasteiger partial charge in [0.15, 0.2) is 5.69 Å². The first kappa shape index (κ1) is 23.3. The highest BCUT2D eigenvalue weighted by Gasteiger charge is 2.31. The largest absolute Gasteiger partial charge is 0.424 e. The zero-order valence-corrected chi connectivity index (χ0v) is 20.7. The molecule has 1 saturated heterocycles. The van der Waals surface area contributed by atoms with E-state index in [1.54, 1.807) is 30.9 Å². The van der Waals surface area contributed by atoms with E-state index in [1.165, 1.54) is 11.3 Å². The molecule has 2 aliphatic heterocycles. The lowest BCUT2D eigenvalue weighted by Crippen LogP contribution is -2.33. The third-order valence-electron chi connectivity index (χ3n) is 6.97. The molecule has 1 aromatic carbocycles. The van der Waals surface area contributed by atoms with Crippen molar-refractivity contribution >= 4 is 5.91 Å². The van der Waals surface area contributed by atoms with Crippen LogP contribution in [0.25, 0.3) is 0 Å². The quantitative estimate of drug-likeness (QED) is 0.386. The van der Waals surface area contributed by atoms with Crippen molar-refractivity contribution in [1.82, 2.24) is 34.5 Å². The summed E-state index contributed by atoms with van der Waals surface area (Å²) in [5, 5.41) is 4.87. The molecule has 0 unspecified atom stereocenters. The van der Waals surface area contributed by atoms with E-state index in [-0.39, 0.29) is 5.91 Å². The third kappa shape index (κ3) is 5.22. The van der Waals surface area contributed by atoms with Gasteiger partial charge in [0.2, 0.25) is 0 Å². The molecule has 2 aliphatic rings. The fourth-order valence-electron chi connectivity index (χ4n) is 5.08. The molecule has 9 nitrogen and oxygen atoms in total. The summed E-state index contributed by atoms with van der Waals surface area (Å²) in [5.41, 5.74) is 5.16. The van der Waals surface area contributed by atoms with Crippen LogP contribution in [0.1, 0.15) is 45.7 Å². The molecule has 37 heavy (non-hydrogen) atoms. The minimum atomic E-state index is 0.0636. The molecule has 0 spiro atoms. The zero-order chi connectivity index (χ0) is 25.0. The second-order valence-corrected chi connectivity index (χ2v) is 9.52. The van der Waals surface area contributed by atoms with Crippen LogP contribution in [-0.2, 0) is 26.1 Å². The summed E-state index contributed by atoms with van der Waals surface area (Å²) in [6.45, 7) is 4.67. The number of carbonyl (C=O) groups is 1. The highest BCUT2D eigenvalue weighted by atomic mass is 16.5. The molecular formula is C28H29N7O2. The number of likely N-dealkylation sites (tertiary alicyclic amines) is 1. The zero-order valence-electron chi connectivity index (χ0n) is 20.7. The number of fused-ring (bicyclic) bond motifs is 1. The van der Waals surface area contributed by atoms with Gasteiger partial charge in [0, 0.05) is 75.2 Å². The van der Waals surface area contributed by atoms with E-state index in [4.69, 9.17) is 9.84 Å². The van der Waals surface area contributed by atoms with Gasteiger partial charge >= 0.3 is 6.01 Å². The molecule has 6 rings (SSSR count). The number of benzene rings is 1. The average Bonchev–Trinajstić information content (AvgIpc) is 3.60. The van der Waals surface area contributed by atoms with Crippen LogP contribution in [0, 0.1) is 0 Å². The summed E-state index contributed by atoms with van der Waals surface area (Å²) in [4.78, 5) is 30.1. The van der Waals surface area contributed by atoms with E-state index in [1.807, 2.05) is 33.8 Å². The Bertz CT molecular complexity index is 1350. The lowest BCUT2D eigenvalue weighted by atomic mass is 10.0. The lowest BCUT2D eigenvalue weighted by molar-refractivity contribution is 0.0783. The van der Waals surface area contributed by atoms with Crippen molar-refractivity contribution in [3.05, 3.63) is 95.3 Å². The van der Waals surface area contributed by atoms with Gasteiger partial charge in [-0.3, -0.25) is 19.4 Å². The standard InChI is InChI=1S/C28H29N7O2/c36-27(34-15-1-2-16-34)26-24-20-33(17-10-25(24)35(32-26)19-22-8-13-29-14-9-22)18-21-4-6-23(7-5-21)37-28-30-11-3-12-31-28/h3-9,11-14H,1-2,10,15-20H2. The lowest BCUT2D eigenvalue weighted by Gasteiger charge is -2.28. The van der Waals surface area contributed by atoms with Crippen molar-refractivity contribution in [3.63, 3.8) is 0 Å². The van der Waals surface area contributed by atoms with Gasteiger partial charge in [-0.1, -0.05) is 12.1 Å². The predicted octanol–water partition coefficient (Wildman–Crippen LogP) is 3.70. The van der Waals surface area contributed by atoms with E-state index in [0.717, 1.165) is 56.6 Å². The number of hydrogen-bond donors (Lipinski definition) is 0. The Hall–Kier alpha value is -4.11. The van der Waals surface area contributed by atoms with Crippen LogP contribution in [-0.4, -0.2) is 60.1 Å². The summed E-state index contributed by atoms with van der Waals surface area (Å²) < 4.78 is 7.75. The Labute approximate surface area is 215 Å². The van der Waals surface area contributed by atoms with E-state index in [0.29, 0.717) is 30.5 Å². The Balaban J connectivity index is 1.20. The molecule has 0 bridgehead atoms. The van der Waals surface area contributed by atoms with Gasteiger partial charge in [0.25, 0.3) is 5.91 Å². The van der Waals surface area contributed by atoms with Crippen LogP contribution >= 0.6 is 0 Å². The fourth-order valence-corrected chi connectivity index (χ4v) is 5.08. The maximum Gasteiger partial charge on any atom is 0.321 e. The van der Waals surface area contributed by atoms with Crippen molar-refractivity contribution in [2.24, 2.45) is 0 Å². The SMILES string of the molecule is O=C(c1nn(Cc2ccncc2)c2c1CN(Cc1ccc(Oc3ncccn3)cc1)CC2)N1CCCC1. The van der Waals surface area contributed by atoms with Gasteiger partial charge < -0.3 is 9.64 Å². The minimum absolute atomic E-state index is 0.0636. The molecule has 1 fully saturated rings. The molecule has 1 amide bonds. The number of carbonyl (C=O) groups excluding carboxylic acids is 1. The first-order chi connectivity index (χ1) is 18.2. The molecule has 0 N–H and O–H groups in total. The Morgan fingerprint density at radius 1 is 0.865 bits per heavy atom. The van der Waals surface area contributed by atoms with Gasteiger partial charge in [-0.2, -0.15) is 5.10 Å². The monoisotopic (exact) mass is 495 g/mol. The normalized spacial score (nSPS) is 15.5. The summed E-state index contributed by atoms with van der Waals surface area (Å²) in [7, 11) is 0. The maximum absolute atomic E-state index is 13.4. The molecule has 0 aliphatic carbocycles. The van der Waals surface area contributed by atoms with Gasteiger partial charge in [-0.25, -0.2) is 9.97 Å². The van der Waals surface area contributed by atoms with Crippen molar-refractivity contribution in [2.75, 3.05) is 19.6 Å². The fraction of sp³-hybridized carbons (Fsp3) is 0.321. The molecule has 0 radical (unpaired) electrons. The average molecular weight is 496 g/mol. The van der Waals surface area contributed by atoms with E-state index < -0.39 is 0 Å². The first-order valence-electron chi connectivity index (χ1n) is 12.8. The topological polar surface area (TPSA) is 89.3 Å². The summed E-state index contributed by atoms with van der Waals surface area (Å²) in [6, 6.07) is 14.1. The number of pyridine rings is 1. The van der Waals surface area contributed by atoms with Crippen molar-refractivity contribution in [2.45, 2.75) is 38.9 Å². The Morgan fingerprint density at radius 3 is 2.35 bits per heavy atom. The second-order valence-electron chi connectivity index (χ2n) is 9.52.